The number of aromatic nitrogens is 4. The Balaban J connectivity index is 1.61. The number of ether oxygens (including phenoxy) is 2. The van der Waals surface area contributed by atoms with E-state index >= 15 is 0 Å². The molecule has 0 fully saturated rings. The SMILES string of the molecule is CCOC(=O)N1c2ccc(OC)nc2[C@@H](Nc2ncc(-c3ccc[nH]c3=O)c(Cc3cc(C(F)(F)F)cc(C(F)(F)F)c3)n2)C[C@H]1CC. The van der Waals surface area contributed by atoms with E-state index in [1.54, 1.807) is 19.1 Å². The maximum absolute atomic E-state index is 13.7. The van der Waals surface area contributed by atoms with Gasteiger partial charge in [0.25, 0.3) is 5.56 Å². The number of carbonyl (C=O) groups is 1. The lowest BCUT2D eigenvalue weighted by Gasteiger charge is -2.39. The molecule has 0 radical (unpaired) electrons. The van der Waals surface area contributed by atoms with Gasteiger partial charge in [0.15, 0.2) is 0 Å². The molecule has 5 rings (SSSR count). The van der Waals surface area contributed by atoms with Crippen LogP contribution in [-0.2, 0) is 23.5 Å². The van der Waals surface area contributed by atoms with E-state index in [0.29, 0.717) is 36.4 Å². The van der Waals surface area contributed by atoms with Crippen molar-refractivity contribution in [2.45, 2.75) is 57.5 Å². The first-order valence-electron chi connectivity index (χ1n) is 14.8. The van der Waals surface area contributed by atoms with Crippen LogP contribution in [0.15, 0.2) is 59.7 Å². The predicted octanol–water partition coefficient (Wildman–Crippen LogP) is 7.16. The zero-order valence-corrected chi connectivity index (χ0v) is 25.9. The van der Waals surface area contributed by atoms with Crippen LogP contribution in [0.2, 0.25) is 0 Å². The van der Waals surface area contributed by atoms with Crippen molar-refractivity contribution in [1.29, 1.82) is 0 Å². The molecule has 1 aromatic carbocycles. The van der Waals surface area contributed by atoms with Crippen molar-refractivity contribution in [2.24, 2.45) is 0 Å². The normalized spacial score (nSPS) is 16.3. The van der Waals surface area contributed by atoms with Crippen LogP contribution >= 0.6 is 0 Å². The summed E-state index contributed by atoms with van der Waals surface area (Å²) < 4.78 is 92.5. The summed E-state index contributed by atoms with van der Waals surface area (Å²) in [5.41, 5.74) is -2.85. The van der Waals surface area contributed by atoms with Gasteiger partial charge in [-0.15, -0.1) is 0 Å². The Kier molecular flexibility index (Phi) is 9.64. The first-order valence-corrected chi connectivity index (χ1v) is 14.8. The third-order valence-electron chi connectivity index (χ3n) is 7.78. The lowest BCUT2D eigenvalue weighted by molar-refractivity contribution is -0.143. The van der Waals surface area contributed by atoms with Crippen LogP contribution < -0.4 is 20.5 Å². The van der Waals surface area contributed by atoms with Gasteiger partial charge in [-0.1, -0.05) is 6.92 Å². The first-order chi connectivity index (χ1) is 22.7. The second kappa shape index (κ2) is 13.5. The number of amides is 1. The minimum absolute atomic E-state index is 0.00789. The fraction of sp³-hybridized carbons (Fsp3) is 0.344. The van der Waals surface area contributed by atoms with Gasteiger partial charge in [0.05, 0.1) is 53.5 Å². The second-order valence-electron chi connectivity index (χ2n) is 10.9. The highest BCUT2D eigenvalue weighted by Gasteiger charge is 2.39. The van der Waals surface area contributed by atoms with Gasteiger partial charge < -0.3 is 19.8 Å². The number of anilines is 2. The Hall–Kier alpha value is -5.15. The standard InChI is InChI=1S/C32H30F6N6O4/c1-4-20-15-24(27-25(8-9-26(43-27)47-3)44(20)30(46)48-5-2)42-29-40-16-22(21-7-6-10-39-28(21)45)23(41-29)13-17-11-18(31(33,34)35)14-19(12-17)32(36,37)38/h6-12,14,16,20,24H,4-5,13,15H2,1-3H3,(H,39,45)(H,40,41,42)/t20-,24+/m1/s1. The number of benzene rings is 1. The number of fused-ring (bicyclic) bond motifs is 1. The van der Waals surface area contributed by atoms with Crippen LogP contribution in [0.25, 0.3) is 11.1 Å². The third-order valence-corrected chi connectivity index (χ3v) is 7.78. The molecular formula is C32H30F6N6O4. The number of methoxy groups -OCH3 is 1. The molecule has 0 spiro atoms. The highest BCUT2D eigenvalue weighted by atomic mass is 19.4. The lowest BCUT2D eigenvalue weighted by Crippen LogP contribution is -2.46. The van der Waals surface area contributed by atoms with Crippen LogP contribution in [0.4, 0.5) is 42.8 Å². The zero-order chi connectivity index (χ0) is 34.8. The monoisotopic (exact) mass is 676 g/mol. The summed E-state index contributed by atoms with van der Waals surface area (Å²) in [6, 6.07) is 6.52. The molecule has 2 N–H and O–H groups in total. The van der Waals surface area contributed by atoms with Gasteiger partial charge in [-0.3, -0.25) is 9.69 Å². The Morgan fingerprint density at radius 2 is 1.73 bits per heavy atom. The molecule has 1 aliphatic heterocycles. The van der Waals surface area contributed by atoms with Crippen LogP contribution in [0.5, 0.6) is 5.88 Å². The number of aromatic amines is 1. The molecular weight excluding hydrogens is 646 g/mol. The number of carbonyl (C=O) groups excluding carboxylic acids is 1. The van der Waals surface area contributed by atoms with Crippen LogP contribution in [0.1, 0.15) is 60.8 Å². The van der Waals surface area contributed by atoms with Gasteiger partial charge in [-0.05, 0) is 61.7 Å². The fourth-order valence-electron chi connectivity index (χ4n) is 5.58. The average Bonchev–Trinajstić information content (AvgIpc) is 3.04. The topological polar surface area (TPSA) is 122 Å². The van der Waals surface area contributed by atoms with E-state index in [2.05, 4.69) is 25.3 Å². The molecule has 48 heavy (non-hydrogen) atoms. The van der Waals surface area contributed by atoms with Crippen molar-refractivity contribution in [3.63, 3.8) is 0 Å². The van der Waals surface area contributed by atoms with E-state index in [1.165, 1.54) is 36.5 Å². The van der Waals surface area contributed by atoms with E-state index in [0.717, 1.165) is 0 Å². The number of H-pyrrole nitrogens is 1. The largest absolute Gasteiger partial charge is 0.481 e. The summed E-state index contributed by atoms with van der Waals surface area (Å²) in [6.45, 7) is 3.72. The number of nitrogens with zero attached hydrogens (tertiary/aromatic N) is 4. The molecule has 0 bridgehead atoms. The molecule has 1 aliphatic rings. The van der Waals surface area contributed by atoms with Gasteiger partial charge in [0.2, 0.25) is 11.8 Å². The number of hydrogen-bond acceptors (Lipinski definition) is 8. The molecule has 0 saturated heterocycles. The maximum Gasteiger partial charge on any atom is 0.416 e. The van der Waals surface area contributed by atoms with Crippen molar-refractivity contribution in [3.05, 3.63) is 93.3 Å². The van der Waals surface area contributed by atoms with E-state index in [-0.39, 0.29) is 52.9 Å². The molecule has 0 saturated carbocycles. The number of rotatable bonds is 8. The summed E-state index contributed by atoms with van der Waals surface area (Å²) in [7, 11) is 1.43. The average molecular weight is 677 g/mol. The minimum atomic E-state index is -5.05. The van der Waals surface area contributed by atoms with E-state index in [4.69, 9.17) is 9.47 Å². The Morgan fingerprint density at radius 1 is 1.02 bits per heavy atom. The maximum atomic E-state index is 13.7. The highest BCUT2D eigenvalue weighted by molar-refractivity contribution is 5.90. The smallest absolute Gasteiger partial charge is 0.416 e. The van der Waals surface area contributed by atoms with Crippen molar-refractivity contribution >= 4 is 17.7 Å². The molecule has 4 heterocycles. The molecule has 2 atom stereocenters. The van der Waals surface area contributed by atoms with Crippen molar-refractivity contribution in [1.82, 2.24) is 19.9 Å². The van der Waals surface area contributed by atoms with Crippen LogP contribution in [0, 0.1) is 0 Å². The fourth-order valence-corrected chi connectivity index (χ4v) is 5.58. The van der Waals surface area contributed by atoms with Gasteiger partial charge >= 0.3 is 18.4 Å². The number of alkyl halides is 6. The quantitative estimate of drug-likeness (QED) is 0.189. The van der Waals surface area contributed by atoms with Crippen LogP contribution in [0.3, 0.4) is 0 Å². The molecule has 4 aromatic rings. The van der Waals surface area contributed by atoms with E-state index in [9.17, 15) is 35.9 Å². The van der Waals surface area contributed by atoms with Gasteiger partial charge in [0.1, 0.15) is 0 Å². The molecule has 0 aliphatic carbocycles. The number of hydrogen-bond donors (Lipinski definition) is 2. The number of nitrogens with one attached hydrogen (secondary N) is 2. The molecule has 1 amide bonds. The van der Waals surface area contributed by atoms with E-state index in [1.807, 2.05) is 6.92 Å². The summed E-state index contributed by atoms with van der Waals surface area (Å²) >= 11 is 0. The van der Waals surface area contributed by atoms with Gasteiger partial charge in [-0.25, -0.2) is 19.7 Å². The summed E-state index contributed by atoms with van der Waals surface area (Å²) in [6.07, 6.45) is -7.69. The Labute approximate surface area is 270 Å². The van der Waals surface area contributed by atoms with Crippen LogP contribution in [-0.4, -0.2) is 45.8 Å². The number of pyridine rings is 2. The minimum Gasteiger partial charge on any atom is -0.481 e. The Morgan fingerprint density at radius 3 is 2.33 bits per heavy atom. The second-order valence-corrected chi connectivity index (χ2v) is 10.9. The molecule has 254 valence electrons. The molecule has 10 nitrogen and oxygen atoms in total. The highest BCUT2D eigenvalue weighted by Crippen LogP contribution is 2.41. The molecule has 16 heteroatoms. The summed E-state index contributed by atoms with van der Waals surface area (Å²) in [5, 5.41) is 3.17. The number of halogens is 6. The first kappa shape index (κ1) is 34.2. The third kappa shape index (κ3) is 7.21. The van der Waals surface area contributed by atoms with Crippen molar-refractivity contribution in [2.75, 3.05) is 23.9 Å². The Bertz CT molecular complexity index is 1830. The van der Waals surface area contributed by atoms with Crippen molar-refractivity contribution < 1.29 is 40.6 Å². The van der Waals surface area contributed by atoms with Gasteiger partial charge in [-0.2, -0.15) is 26.3 Å². The van der Waals surface area contributed by atoms with Crippen molar-refractivity contribution in [3.8, 4) is 17.0 Å². The summed E-state index contributed by atoms with van der Waals surface area (Å²) in [4.78, 5) is 43.1. The van der Waals surface area contributed by atoms with Gasteiger partial charge in [0, 0.05) is 36.5 Å². The molecule has 0 unspecified atom stereocenters. The lowest BCUT2D eigenvalue weighted by atomic mass is 9.93. The van der Waals surface area contributed by atoms with E-state index < -0.39 is 47.6 Å². The molecule has 3 aromatic heterocycles. The summed E-state index contributed by atoms with van der Waals surface area (Å²) in [5.74, 6) is 0.216. The predicted molar refractivity (Wildman–Crippen MR) is 163 cm³/mol. The zero-order valence-electron chi connectivity index (χ0n) is 25.9.